The molecule has 0 atom stereocenters. The Labute approximate surface area is 101 Å². The highest BCUT2D eigenvalue weighted by molar-refractivity contribution is 6.09. The first-order valence-corrected chi connectivity index (χ1v) is 5.64. The zero-order valence-corrected chi connectivity index (χ0v) is 9.76. The van der Waals surface area contributed by atoms with Crippen LogP contribution in [0.5, 0.6) is 0 Å². The van der Waals surface area contributed by atoms with Crippen LogP contribution in [0.1, 0.15) is 17.3 Å². The SMILES string of the molecule is CC=CC(=O)c1ccccc1-c1ccccc1. The van der Waals surface area contributed by atoms with Crippen LogP contribution < -0.4 is 0 Å². The molecular formula is C16H14O. The molecule has 2 aromatic carbocycles. The topological polar surface area (TPSA) is 17.1 Å². The average Bonchev–Trinajstić information content (AvgIpc) is 2.40. The van der Waals surface area contributed by atoms with E-state index in [1.807, 2.05) is 61.5 Å². The van der Waals surface area contributed by atoms with E-state index in [0.717, 1.165) is 16.7 Å². The van der Waals surface area contributed by atoms with E-state index in [9.17, 15) is 4.79 Å². The monoisotopic (exact) mass is 222 g/mol. The number of hydrogen-bond donors (Lipinski definition) is 0. The van der Waals surface area contributed by atoms with E-state index in [0.29, 0.717) is 0 Å². The molecule has 0 amide bonds. The van der Waals surface area contributed by atoms with Crippen molar-refractivity contribution in [3.05, 3.63) is 72.3 Å². The molecule has 0 fully saturated rings. The molecule has 0 bridgehead atoms. The van der Waals surface area contributed by atoms with Crippen molar-refractivity contribution in [1.82, 2.24) is 0 Å². The summed E-state index contributed by atoms with van der Waals surface area (Å²) in [5, 5.41) is 0. The molecule has 0 aromatic heterocycles. The van der Waals surface area contributed by atoms with Gasteiger partial charge in [0.2, 0.25) is 0 Å². The zero-order chi connectivity index (χ0) is 12.1. The zero-order valence-electron chi connectivity index (χ0n) is 9.76. The van der Waals surface area contributed by atoms with Crippen molar-refractivity contribution in [2.24, 2.45) is 0 Å². The summed E-state index contributed by atoms with van der Waals surface area (Å²) < 4.78 is 0. The lowest BCUT2D eigenvalue weighted by Crippen LogP contribution is -1.97. The first kappa shape index (κ1) is 11.3. The number of rotatable bonds is 3. The molecule has 2 rings (SSSR count). The van der Waals surface area contributed by atoms with Crippen LogP contribution in [0.15, 0.2) is 66.7 Å². The Balaban J connectivity index is 2.52. The molecule has 0 radical (unpaired) electrons. The Morgan fingerprint density at radius 3 is 2.29 bits per heavy atom. The summed E-state index contributed by atoms with van der Waals surface area (Å²) >= 11 is 0. The molecule has 0 saturated carbocycles. The van der Waals surface area contributed by atoms with Gasteiger partial charge in [-0.25, -0.2) is 0 Å². The molecule has 0 saturated heterocycles. The summed E-state index contributed by atoms with van der Waals surface area (Å²) in [4.78, 5) is 12.0. The van der Waals surface area contributed by atoms with Crippen molar-refractivity contribution < 1.29 is 4.79 Å². The summed E-state index contributed by atoms with van der Waals surface area (Å²) in [7, 11) is 0. The number of ketones is 1. The molecule has 1 heteroatoms. The lowest BCUT2D eigenvalue weighted by molar-refractivity contribution is 0.104. The first-order chi connectivity index (χ1) is 8.33. The molecular weight excluding hydrogens is 208 g/mol. The standard InChI is InChI=1S/C16H14O/c1-2-8-16(17)15-12-7-6-11-14(15)13-9-4-3-5-10-13/h2-12H,1H3. The van der Waals surface area contributed by atoms with Gasteiger partial charge >= 0.3 is 0 Å². The Morgan fingerprint density at radius 2 is 1.59 bits per heavy atom. The van der Waals surface area contributed by atoms with E-state index < -0.39 is 0 Å². The number of carbonyl (C=O) groups is 1. The maximum absolute atomic E-state index is 12.0. The third-order valence-electron chi connectivity index (χ3n) is 2.60. The van der Waals surface area contributed by atoms with Crippen molar-refractivity contribution in [2.75, 3.05) is 0 Å². The summed E-state index contributed by atoms with van der Waals surface area (Å²) in [6.45, 7) is 1.85. The summed E-state index contributed by atoms with van der Waals surface area (Å²) in [6.07, 6.45) is 3.37. The van der Waals surface area contributed by atoms with Gasteiger partial charge in [-0.1, -0.05) is 60.7 Å². The van der Waals surface area contributed by atoms with Gasteiger partial charge in [-0.2, -0.15) is 0 Å². The third-order valence-corrected chi connectivity index (χ3v) is 2.60. The second-order valence-electron chi connectivity index (χ2n) is 3.78. The van der Waals surface area contributed by atoms with E-state index in [1.54, 1.807) is 12.2 Å². The van der Waals surface area contributed by atoms with Crippen molar-refractivity contribution in [3.63, 3.8) is 0 Å². The van der Waals surface area contributed by atoms with Crippen LogP contribution in [0.3, 0.4) is 0 Å². The second kappa shape index (κ2) is 5.26. The van der Waals surface area contributed by atoms with Crippen LogP contribution in [0, 0.1) is 0 Å². The van der Waals surface area contributed by atoms with Crippen LogP contribution in [0.4, 0.5) is 0 Å². The summed E-state index contributed by atoms with van der Waals surface area (Å²) in [5.74, 6) is 0.0481. The lowest BCUT2D eigenvalue weighted by atomic mass is 9.97. The Bertz CT molecular complexity index is 538. The van der Waals surface area contributed by atoms with E-state index in [4.69, 9.17) is 0 Å². The molecule has 0 unspecified atom stereocenters. The van der Waals surface area contributed by atoms with Crippen molar-refractivity contribution >= 4 is 5.78 Å². The Morgan fingerprint density at radius 1 is 0.941 bits per heavy atom. The van der Waals surface area contributed by atoms with Crippen molar-refractivity contribution in [2.45, 2.75) is 6.92 Å². The minimum Gasteiger partial charge on any atom is -0.289 e. The number of hydrogen-bond acceptors (Lipinski definition) is 1. The van der Waals surface area contributed by atoms with Gasteiger partial charge in [0.05, 0.1) is 0 Å². The van der Waals surface area contributed by atoms with E-state index >= 15 is 0 Å². The van der Waals surface area contributed by atoms with Gasteiger partial charge in [0.15, 0.2) is 5.78 Å². The Kier molecular flexibility index (Phi) is 3.51. The van der Waals surface area contributed by atoms with Gasteiger partial charge in [0.25, 0.3) is 0 Å². The molecule has 84 valence electrons. The van der Waals surface area contributed by atoms with Crippen LogP contribution in [0.25, 0.3) is 11.1 Å². The van der Waals surface area contributed by atoms with Gasteiger partial charge in [-0.3, -0.25) is 4.79 Å². The number of allylic oxidation sites excluding steroid dienone is 2. The molecule has 17 heavy (non-hydrogen) atoms. The molecule has 1 nitrogen and oxygen atoms in total. The smallest absolute Gasteiger partial charge is 0.186 e. The van der Waals surface area contributed by atoms with Crippen molar-refractivity contribution in [1.29, 1.82) is 0 Å². The van der Waals surface area contributed by atoms with Crippen LogP contribution in [-0.2, 0) is 0 Å². The quantitative estimate of drug-likeness (QED) is 0.564. The second-order valence-corrected chi connectivity index (χ2v) is 3.78. The predicted molar refractivity (Wildman–Crippen MR) is 71.0 cm³/mol. The Hall–Kier alpha value is -2.15. The van der Waals surface area contributed by atoms with E-state index in [-0.39, 0.29) is 5.78 Å². The largest absolute Gasteiger partial charge is 0.289 e. The number of benzene rings is 2. The van der Waals surface area contributed by atoms with E-state index in [1.165, 1.54) is 0 Å². The number of carbonyl (C=O) groups excluding carboxylic acids is 1. The summed E-state index contributed by atoms with van der Waals surface area (Å²) in [6, 6.07) is 17.6. The third kappa shape index (κ3) is 2.51. The maximum atomic E-state index is 12.0. The highest BCUT2D eigenvalue weighted by Gasteiger charge is 2.08. The van der Waals surface area contributed by atoms with E-state index in [2.05, 4.69) is 0 Å². The average molecular weight is 222 g/mol. The van der Waals surface area contributed by atoms with Crippen LogP contribution >= 0.6 is 0 Å². The van der Waals surface area contributed by atoms with Gasteiger partial charge in [0, 0.05) is 5.56 Å². The highest BCUT2D eigenvalue weighted by Crippen LogP contribution is 2.23. The molecule has 2 aromatic rings. The van der Waals surface area contributed by atoms with Crippen LogP contribution in [0.2, 0.25) is 0 Å². The van der Waals surface area contributed by atoms with Gasteiger partial charge in [0.1, 0.15) is 0 Å². The normalized spacial score (nSPS) is 10.6. The predicted octanol–water partition coefficient (Wildman–Crippen LogP) is 4.11. The molecule has 0 N–H and O–H groups in total. The van der Waals surface area contributed by atoms with Gasteiger partial charge in [-0.15, -0.1) is 0 Å². The molecule has 0 heterocycles. The van der Waals surface area contributed by atoms with Crippen molar-refractivity contribution in [3.8, 4) is 11.1 Å². The van der Waals surface area contributed by atoms with Crippen LogP contribution in [-0.4, -0.2) is 5.78 Å². The molecule has 0 aliphatic carbocycles. The molecule has 0 aliphatic rings. The maximum Gasteiger partial charge on any atom is 0.186 e. The fourth-order valence-electron chi connectivity index (χ4n) is 1.81. The lowest BCUT2D eigenvalue weighted by Gasteiger charge is -2.06. The minimum atomic E-state index is 0.0481. The van der Waals surface area contributed by atoms with Gasteiger partial charge < -0.3 is 0 Å². The highest BCUT2D eigenvalue weighted by atomic mass is 16.1. The minimum absolute atomic E-state index is 0.0481. The fraction of sp³-hybridized carbons (Fsp3) is 0.0625. The molecule has 0 spiro atoms. The molecule has 0 aliphatic heterocycles. The first-order valence-electron chi connectivity index (χ1n) is 5.64. The van der Waals surface area contributed by atoms with Gasteiger partial charge in [-0.05, 0) is 24.1 Å². The fourth-order valence-corrected chi connectivity index (χ4v) is 1.81. The summed E-state index contributed by atoms with van der Waals surface area (Å²) in [5.41, 5.74) is 2.80.